The molecule has 27 heavy (non-hydrogen) atoms. The van der Waals surface area contributed by atoms with Crippen LogP contribution in [0, 0.1) is 0 Å². The van der Waals surface area contributed by atoms with Crippen LogP contribution < -0.4 is 4.80 Å². The summed E-state index contributed by atoms with van der Waals surface area (Å²) in [6, 6.07) is 14.2. The van der Waals surface area contributed by atoms with Crippen LogP contribution in [-0.4, -0.2) is 22.0 Å². The number of fused-ring (bicyclic) bond motifs is 1. The van der Waals surface area contributed by atoms with Gasteiger partial charge >= 0.3 is 0 Å². The summed E-state index contributed by atoms with van der Waals surface area (Å²) < 4.78 is 3.33. The molecule has 0 atom stereocenters. The van der Waals surface area contributed by atoms with E-state index in [1.54, 1.807) is 34.9 Å². The van der Waals surface area contributed by atoms with E-state index in [1.807, 2.05) is 24.3 Å². The lowest BCUT2D eigenvalue weighted by molar-refractivity contribution is 0.0997. The molecule has 0 aliphatic heterocycles. The van der Waals surface area contributed by atoms with Gasteiger partial charge < -0.3 is 4.57 Å². The predicted molar refractivity (Wildman–Crippen MR) is 119 cm³/mol. The van der Waals surface area contributed by atoms with Gasteiger partial charge in [-0.05, 0) is 55.1 Å². The molecule has 0 fully saturated rings. The molecule has 3 nitrogen and oxygen atoms in total. The molecule has 0 N–H and O–H groups in total. The third-order valence-electron chi connectivity index (χ3n) is 4.01. The molecular weight excluding hydrogens is 392 g/mol. The SMILES string of the molecule is CCCn1c(=NC(=O)c2ccc(SC(C)C)cc2)sc2cc(SC)ccc21. The number of rotatable bonds is 6. The summed E-state index contributed by atoms with van der Waals surface area (Å²) in [5, 5.41) is 0.522. The Kier molecular flexibility index (Phi) is 6.84. The lowest BCUT2D eigenvalue weighted by Crippen LogP contribution is -2.16. The van der Waals surface area contributed by atoms with E-state index in [-0.39, 0.29) is 5.91 Å². The normalized spacial score (nSPS) is 12.3. The van der Waals surface area contributed by atoms with Crippen LogP contribution in [0.1, 0.15) is 37.6 Å². The van der Waals surface area contributed by atoms with E-state index in [2.05, 4.69) is 54.8 Å². The third kappa shape index (κ3) is 4.86. The van der Waals surface area contributed by atoms with Crippen molar-refractivity contribution >= 4 is 51.0 Å². The summed E-state index contributed by atoms with van der Waals surface area (Å²) in [6.45, 7) is 7.32. The topological polar surface area (TPSA) is 34.4 Å². The van der Waals surface area contributed by atoms with Crippen LogP contribution in [0.2, 0.25) is 0 Å². The van der Waals surface area contributed by atoms with Gasteiger partial charge in [0.2, 0.25) is 0 Å². The fraction of sp³-hybridized carbons (Fsp3) is 0.333. The van der Waals surface area contributed by atoms with Crippen molar-refractivity contribution in [1.29, 1.82) is 0 Å². The van der Waals surface area contributed by atoms with Gasteiger partial charge in [0.15, 0.2) is 4.80 Å². The van der Waals surface area contributed by atoms with Crippen LogP contribution in [0.4, 0.5) is 0 Å². The second kappa shape index (κ2) is 9.13. The molecule has 0 saturated heterocycles. The number of carbonyl (C=O) groups excluding carboxylic acids is 1. The van der Waals surface area contributed by atoms with Gasteiger partial charge in [-0.25, -0.2) is 0 Å². The molecule has 3 rings (SSSR count). The first-order chi connectivity index (χ1) is 13.0. The molecule has 1 aromatic heterocycles. The number of amides is 1. The molecule has 0 bridgehead atoms. The van der Waals surface area contributed by atoms with Crippen LogP contribution in [-0.2, 0) is 6.54 Å². The van der Waals surface area contributed by atoms with Crippen LogP contribution in [0.5, 0.6) is 0 Å². The number of hydrogen-bond donors (Lipinski definition) is 0. The molecule has 0 aliphatic carbocycles. The first-order valence-corrected chi connectivity index (χ1v) is 12.0. The number of hydrogen-bond acceptors (Lipinski definition) is 4. The van der Waals surface area contributed by atoms with Crippen LogP contribution in [0.3, 0.4) is 0 Å². The maximum Gasteiger partial charge on any atom is 0.279 e. The van der Waals surface area contributed by atoms with Crippen LogP contribution in [0.25, 0.3) is 10.2 Å². The quantitative estimate of drug-likeness (QED) is 0.457. The Balaban J connectivity index is 1.98. The summed E-state index contributed by atoms with van der Waals surface area (Å²) in [7, 11) is 0. The van der Waals surface area contributed by atoms with Crippen molar-refractivity contribution in [3.63, 3.8) is 0 Å². The summed E-state index contributed by atoms with van der Waals surface area (Å²) in [5.41, 5.74) is 1.78. The van der Waals surface area contributed by atoms with E-state index < -0.39 is 0 Å². The van der Waals surface area contributed by atoms with Crippen LogP contribution in [0.15, 0.2) is 57.2 Å². The van der Waals surface area contributed by atoms with Crippen molar-refractivity contribution in [3.05, 3.63) is 52.8 Å². The van der Waals surface area contributed by atoms with Gasteiger partial charge in [-0.1, -0.05) is 32.1 Å². The molecule has 0 spiro atoms. The largest absolute Gasteiger partial charge is 0.316 e. The molecule has 1 heterocycles. The van der Waals surface area contributed by atoms with Crippen molar-refractivity contribution in [2.75, 3.05) is 6.26 Å². The van der Waals surface area contributed by atoms with Gasteiger partial charge in [-0.2, -0.15) is 4.99 Å². The Bertz CT molecular complexity index is 1000. The highest BCUT2D eigenvalue weighted by Gasteiger charge is 2.10. The molecule has 0 radical (unpaired) electrons. The summed E-state index contributed by atoms with van der Waals surface area (Å²) in [5.74, 6) is -0.183. The van der Waals surface area contributed by atoms with Crippen molar-refractivity contribution in [2.24, 2.45) is 4.99 Å². The van der Waals surface area contributed by atoms with Gasteiger partial charge in [-0.3, -0.25) is 4.79 Å². The predicted octanol–water partition coefficient (Wildman–Crippen LogP) is 6.08. The van der Waals surface area contributed by atoms with Crippen molar-refractivity contribution < 1.29 is 4.79 Å². The number of aromatic nitrogens is 1. The molecule has 0 aliphatic rings. The molecule has 3 aromatic rings. The number of thiazole rings is 1. The highest BCUT2D eigenvalue weighted by Crippen LogP contribution is 2.25. The van der Waals surface area contributed by atoms with E-state index in [9.17, 15) is 4.79 Å². The average molecular weight is 417 g/mol. The minimum Gasteiger partial charge on any atom is -0.316 e. The first kappa shape index (κ1) is 20.2. The maximum atomic E-state index is 12.7. The molecule has 0 unspecified atom stereocenters. The average Bonchev–Trinajstić information content (AvgIpc) is 2.98. The zero-order valence-corrected chi connectivity index (χ0v) is 18.5. The zero-order chi connectivity index (χ0) is 19.4. The fourth-order valence-electron chi connectivity index (χ4n) is 2.81. The van der Waals surface area contributed by atoms with Gasteiger partial charge in [0.25, 0.3) is 5.91 Å². The highest BCUT2D eigenvalue weighted by atomic mass is 32.2. The maximum absolute atomic E-state index is 12.7. The first-order valence-electron chi connectivity index (χ1n) is 9.05. The number of nitrogens with zero attached hydrogens (tertiary/aromatic N) is 2. The molecule has 6 heteroatoms. The monoisotopic (exact) mass is 416 g/mol. The molecule has 0 saturated carbocycles. The van der Waals surface area contributed by atoms with Gasteiger partial charge in [0.1, 0.15) is 0 Å². The van der Waals surface area contributed by atoms with E-state index in [0.717, 1.165) is 23.3 Å². The van der Waals surface area contributed by atoms with Crippen LogP contribution >= 0.6 is 34.9 Å². The standard InChI is InChI=1S/C21H24N2OS3/c1-5-12-23-18-11-10-17(25-4)13-19(18)27-21(23)22-20(24)15-6-8-16(9-7-15)26-14(2)3/h6-11,13-14H,5,12H2,1-4H3. The Morgan fingerprint density at radius 2 is 1.85 bits per heavy atom. The lowest BCUT2D eigenvalue weighted by Gasteiger charge is -2.05. The summed E-state index contributed by atoms with van der Waals surface area (Å²) in [6.07, 6.45) is 3.07. The highest BCUT2D eigenvalue weighted by molar-refractivity contribution is 8.00. The summed E-state index contributed by atoms with van der Waals surface area (Å²) >= 11 is 5.10. The molecule has 142 valence electrons. The Hall–Kier alpha value is -1.50. The van der Waals surface area contributed by atoms with E-state index >= 15 is 0 Å². The Morgan fingerprint density at radius 1 is 1.15 bits per heavy atom. The minimum atomic E-state index is -0.183. The van der Waals surface area contributed by atoms with E-state index in [4.69, 9.17) is 0 Å². The van der Waals surface area contributed by atoms with E-state index in [1.165, 1.54) is 14.5 Å². The molecule has 1 amide bonds. The summed E-state index contributed by atoms with van der Waals surface area (Å²) in [4.78, 5) is 20.4. The number of thioether (sulfide) groups is 2. The minimum absolute atomic E-state index is 0.183. The molecule has 2 aromatic carbocycles. The second-order valence-corrected chi connectivity index (χ2v) is 10.0. The lowest BCUT2D eigenvalue weighted by atomic mass is 10.2. The van der Waals surface area contributed by atoms with Crippen molar-refractivity contribution in [1.82, 2.24) is 4.57 Å². The number of benzene rings is 2. The zero-order valence-electron chi connectivity index (χ0n) is 16.1. The van der Waals surface area contributed by atoms with Gasteiger partial charge in [0, 0.05) is 27.1 Å². The van der Waals surface area contributed by atoms with Crippen molar-refractivity contribution in [2.45, 2.75) is 48.8 Å². The number of aryl methyl sites for hydroxylation is 1. The number of carbonyl (C=O) groups is 1. The Labute approximate surface area is 172 Å². The van der Waals surface area contributed by atoms with Crippen molar-refractivity contribution in [3.8, 4) is 0 Å². The fourth-order valence-corrected chi connectivity index (χ4v) is 5.25. The molecular formula is C21H24N2OS3. The second-order valence-electron chi connectivity index (χ2n) is 6.48. The smallest absolute Gasteiger partial charge is 0.279 e. The third-order valence-corrected chi connectivity index (χ3v) is 6.79. The van der Waals surface area contributed by atoms with Gasteiger partial charge in [-0.15, -0.1) is 23.5 Å². The van der Waals surface area contributed by atoms with Gasteiger partial charge in [0.05, 0.1) is 10.2 Å². The Morgan fingerprint density at radius 3 is 2.48 bits per heavy atom. The van der Waals surface area contributed by atoms with E-state index in [0.29, 0.717) is 10.8 Å².